The molecule has 0 heterocycles. The zero-order chi connectivity index (χ0) is 13.3. The number of carbonyl (C=O) groups is 3. The molecular formula is C14H12O4. The van der Waals surface area contributed by atoms with Gasteiger partial charge in [-0.15, -0.1) is 0 Å². The van der Waals surface area contributed by atoms with E-state index >= 15 is 0 Å². The van der Waals surface area contributed by atoms with Crippen LogP contribution in [0.3, 0.4) is 0 Å². The summed E-state index contributed by atoms with van der Waals surface area (Å²) in [5, 5.41) is 0. The van der Waals surface area contributed by atoms with Gasteiger partial charge < -0.3 is 4.74 Å². The lowest BCUT2D eigenvalue weighted by Crippen LogP contribution is -2.26. The molecule has 1 aromatic carbocycles. The van der Waals surface area contributed by atoms with E-state index < -0.39 is 11.8 Å². The summed E-state index contributed by atoms with van der Waals surface area (Å²) in [4.78, 5) is 36.0. The van der Waals surface area contributed by atoms with Gasteiger partial charge in [0.25, 0.3) is 0 Å². The molecule has 92 valence electrons. The molecule has 0 unspecified atom stereocenters. The fourth-order valence-electron chi connectivity index (χ4n) is 1.95. The highest BCUT2D eigenvalue weighted by Crippen LogP contribution is 2.26. The Labute approximate surface area is 104 Å². The number of ketones is 2. The van der Waals surface area contributed by atoms with E-state index in [1.54, 1.807) is 31.2 Å². The molecule has 18 heavy (non-hydrogen) atoms. The number of fused-ring (bicyclic) bond motifs is 1. The molecule has 0 atom stereocenters. The summed E-state index contributed by atoms with van der Waals surface area (Å²) in [5.41, 5.74) is 0.599. The van der Waals surface area contributed by atoms with Crippen LogP contribution in [0, 0.1) is 0 Å². The second kappa shape index (κ2) is 4.56. The maximum Gasteiger partial charge on any atom is 0.342 e. The Hall–Kier alpha value is -2.23. The summed E-state index contributed by atoms with van der Waals surface area (Å²) in [5.74, 6) is -1.47. The van der Waals surface area contributed by atoms with Crippen LogP contribution in [0.4, 0.5) is 0 Å². The number of hydrogen-bond acceptors (Lipinski definition) is 4. The Morgan fingerprint density at radius 2 is 1.67 bits per heavy atom. The highest BCUT2D eigenvalue weighted by atomic mass is 16.5. The van der Waals surface area contributed by atoms with Crippen LogP contribution in [0.5, 0.6) is 0 Å². The van der Waals surface area contributed by atoms with Gasteiger partial charge in [0.05, 0.1) is 6.61 Å². The van der Waals surface area contributed by atoms with Crippen molar-refractivity contribution in [2.75, 3.05) is 6.61 Å². The van der Waals surface area contributed by atoms with E-state index in [0.717, 1.165) is 0 Å². The van der Waals surface area contributed by atoms with Crippen LogP contribution in [-0.2, 0) is 9.53 Å². The van der Waals surface area contributed by atoms with E-state index in [0.29, 0.717) is 5.56 Å². The summed E-state index contributed by atoms with van der Waals surface area (Å²) in [6.07, 6.45) is 0. The highest BCUT2D eigenvalue weighted by molar-refractivity contribution is 6.35. The second-order valence-electron chi connectivity index (χ2n) is 3.92. The van der Waals surface area contributed by atoms with E-state index in [-0.39, 0.29) is 29.1 Å². The molecule has 0 fully saturated rings. The van der Waals surface area contributed by atoms with Gasteiger partial charge >= 0.3 is 5.97 Å². The molecule has 0 aromatic heterocycles. The molecule has 0 aliphatic heterocycles. The van der Waals surface area contributed by atoms with Crippen molar-refractivity contribution in [3.05, 3.63) is 46.5 Å². The standard InChI is InChI=1S/C14H12O4/c1-3-18-14(17)11-8(2)12(15)9-6-4-5-7-10(9)13(11)16/h4-7H,3H2,1-2H3. The zero-order valence-electron chi connectivity index (χ0n) is 10.1. The summed E-state index contributed by atoms with van der Waals surface area (Å²) >= 11 is 0. The molecule has 0 saturated heterocycles. The number of rotatable bonds is 2. The summed E-state index contributed by atoms with van der Waals surface area (Å²) < 4.78 is 4.82. The highest BCUT2D eigenvalue weighted by Gasteiger charge is 2.34. The number of esters is 1. The van der Waals surface area contributed by atoms with Crippen LogP contribution in [0.1, 0.15) is 34.6 Å². The number of carbonyl (C=O) groups excluding carboxylic acids is 3. The number of ether oxygens (including phenoxy) is 1. The van der Waals surface area contributed by atoms with Crippen molar-refractivity contribution in [3.63, 3.8) is 0 Å². The van der Waals surface area contributed by atoms with Gasteiger partial charge in [0, 0.05) is 16.7 Å². The van der Waals surface area contributed by atoms with Crippen LogP contribution in [-0.4, -0.2) is 24.1 Å². The normalized spacial score (nSPS) is 14.6. The maximum absolute atomic E-state index is 12.2. The number of allylic oxidation sites excluding steroid dienone is 1. The van der Waals surface area contributed by atoms with Gasteiger partial charge in [0.2, 0.25) is 5.78 Å². The monoisotopic (exact) mass is 244 g/mol. The first kappa shape index (κ1) is 12.2. The van der Waals surface area contributed by atoms with Gasteiger partial charge in [0.15, 0.2) is 5.78 Å². The van der Waals surface area contributed by atoms with Crippen LogP contribution >= 0.6 is 0 Å². The largest absolute Gasteiger partial charge is 0.462 e. The van der Waals surface area contributed by atoms with E-state index in [2.05, 4.69) is 0 Å². The summed E-state index contributed by atoms with van der Waals surface area (Å²) in [7, 11) is 0. The van der Waals surface area contributed by atoms with Crippen molar-refractivity contribution in [3.8, 4) is 0 Å². The third-order valence-electron chi connectivity index (χ3n) is 2.84. The SMILES string of the molecule is CCOC(=O)C1=C(C)C(=O)c2ccccc2C1=O. The third kappa shape index (κ3) is 1.76. The molecule has 1 aliphatic carbocycles. The summed E-state index contributed by atoms with van der Waals surface area (Å²) in [6.45, 7) is 3.29. The van der Waals surface area contributed by atoms with Crippen LogP contribution < -0.4 is 0 Å². The fourth-order valence-corrected chi connectivity index (χ4v) is 1.95. The van der Waals surface area contributed by atoms with Crippen molar-refractivity contribution in [1.82, 2.24) is 0 Å². The van der Waals surface area contributed by atoms with Gasteiger partial charge in [-0.05, 0) is 13.8 Å². The van der Waals surface area contributed by atoms with Crippen LogP contribution in [0.25, 0.3) is 0 Å². The van der Waals surface area contributed by atoms with Crippen LogP contribution in [0.2, 0.25) is 0 Å². The smallest absolute Gasteiger partial charge is 0.342 e. The maximum atomic E-state index is 12.2. The first-order valence-electron chi connectivity index (χ1n) is 5.64. The molecule has 0 bridgehead atoms. The van der Waals surface area contributed by atoms with Crippen molar-refractivity contribution in [1.29, 1.82) is 0 Å². The lowest BCUT2D eigenvalue weighted by molar-refractivity contribution is -0.138. The Balaban J connectivity index is 2.57. The quantitative estimate of drug-likeness (QED) is 0.589. The van der Waals surface area contributed by atoms with Gasteiger partial charge in [-0.1, -0.05) is 24.3 Å². The molecule has 0 saturated carbocycles. The average Bonchev–Trinajstić information content (AvgIpc) is 2.37. The first-order valence-corrected chi connectivity index (χ1v) is 5.64. The molecule has 0 spiro atoms. The zero-order valence-corrected chi connectivity index (χ0v) is 10.1. The van der Waals surface area contributed by atoms with Gasteiger partial charge in [0.1, 0.15) is 5.57 Å². The lowest BCUT2D eigenvalue weighted by atomic mass is 9.85. The van der Waals surface area contributed by atoms with Crippen molar-refractivity contribution in [2.45, 2.75) is 13.8 Å². The van der Waals surface area contributed by atoms with Crippen molar-refractivity contribution >= 4 is 17.5 Å². The van der Waals surface area contributed by atoms with E-state index in [9.17, 15) is 14.4 Å². The minimum absolute atomic E-state index is 0.150. The summed E-state index contributed by atoms with van der Waals surface area (Å²) in [6, 6.07) is 6.47. The Kier molecular flexibility index (Phi) is 3.10. The van der Waals surface area contributed by atoms with Gasteiger partial charge in [-0.25, -0.2) is 4.79 Å². The van der Waals surface area contributed by atoms with Gasteiger partial charge in [-0.2, -0.15) is 0 Å². The molecule has 4 heteroatoms. The molecule has 1 aliphatic rings. The number of Topliss-reactive ketones (excluding diaryl/α,β-unsaturated/α-hetero) is 2. The first-order chi connectivity index (χ1) is 8.57. The molecular weight excluding hydrogens is 232 g/mol. The third-order valence-corrected chi connectivity index (χ3v) is 2.84. The molecule has 1 aromatic rings. The average molecular weight is 244 g/mol. The predicted octanol–water partition coefficient (Wildman–Crippen LogP) is 1.95. The Morgan fingerprint density at radius 3 is 2.22 bits per heavy atom. The second-order valence-corrected chi connectivity index (χ2v) is 3.92. The Morgan fingerprint density at radius 1 is 1.11 bits per heavy atom. The molecule has 2 rings (SSSR count). The molecule has 0 N–H and O–H groups in total. The number of hydrogen-bond donors (Lipinski definition) is 0. The van der Waals surface area contributed by atoms with E-state index in [1.807, 2.05) is 0 Å². The van der Waals surface area contributed by atoms with E-state index in [4.69, 9.17) is 4.74 Å². The van der Waals surface area contributed by atoms with Crippen molar-refractivity contribution in [2.24, 2.45) is 0 Å². The topological polar surface area (TPSA) is 60.4 Å². The lowest BCUT2D eigenvalue weighted by Gasteiger charge is -2.17. The minimum atomic E-state index is -0.733. The van der Waals surface area contributed by atoms with E-state index in [1.165, 1.54) is 6.92 Å². The van der Waals surface area contributed by atoms with Crippen molar-refractivity contribution < 1.29 is 19.1 Å². The molecule has 0 radical (unpaired) electrons. The van der Waals surface area contributed by atoms with Crippen LogP contribution in [0.15, 0.2) is 35.4 Å². The fraction of sp³-hybridized carbons (Fsp3) is 0.214. The number of benzene rings is 1. The minimum Gasteiger partial charge on any atom is -0.462 e. The van der Waals surface area contributed by atoms with Gasteiger partial charge in [-0.3, -0.25) is 9.59 Å². The predicted molar refractivity (Wildman–Crippen MR) is 64.4 cm³/mol. The molecule has 4 nitrogen and oxygen atoms in total. The Bertz CT molecular complexity index is 581. The molecule has 0 amide bonds.